The molecule has 1 aliphatic heterocycles. The number of carbonyl (C=O) groups excluding carboxylic acids is 1. The van der Waals surface area contributed by atoms with Crippen LogP contribution in [-0.2, 0) is 9.53 Å². The van der Waals surface area contributed by atoms with Crippen LogP contribution in [0.1, 0.15) is 5.56 Å². The van der Waals surface area contributed by atoms with Gasteiger partial charge in [0.1, 0.15) is 5.69 Å². The van der Waals surface area contributed by atoms with Gasteiger partial charge in [-0.25, -0.2) is 4.68 Å². The van der Waals surface area contributed by atoms with E-state index in [1.54, 1.807) is 24.5 Å². The minimum atomic E-state index is -0.118. The predicted octanol–water partition coefficient (Wildman–Crippen LogP) is 2.82. The molecule has 7 nitrogen and oxygen atoms in total. The first-order valence-electron chi connectivity index (χ1n) is 10.1. The molecule has 1 amide bonds. The number of morpholine rings is 1. The fourth-order valence-electron chi connectivity index (χ4n) is 3.34. The lowest BCUT2D eigenvalue weighted by atomic mass is 10.1. The lowest BCUT2D eigenvalue weighted by Gasteiger charge is -2.26. The minimum absolute atomic E-state index is 0. The Hall–Kier alpha value is -3.00. The zero-order valence-corrected chi connectivity index (χ0v) is 18.0. The quantitative estimate of drug-likeness (QED) is 0.573. The van der Waals surface area contributed by atoms with Gasteiger partial charge in [-0.05, 0) is 30.3 Å². The Morgan fingerprint density at radius 2 is 1.94 bits per heavy atom. The zero-order valence-electron chi connectivity index (χ0n) is 17.2. The fraction of sp³-hybridized carbons (Fsp3) is 0.261. The van der Waals surface area contributed by atoms with Gasteiger partial charge in [-0.3, -0.25) is 14.7 Å². The summed E-state index contributed by atoms with van der Waals surface area (Å²) in [6.45, 7) is 4.79. The van der Waals surface area contributed by atoms with Crippen LogP contribution < -0.4 is 5.32 Å². The van der Waals surface area contributed by atoms with Crippen LogP contribution in [0.25, 0.3) is 23.0 Å². The maximum atomic E-state index is 12.3. The van der Waals surface area contributed by atoms with E-state index in [0.29, 0.717) is 6.54 Å². The summed E-state index contributed by atoms with van der Waals surface area (Å²) in [5.41, 5.74) is 3.50. The maximum absolute atomic E-state index is 12.3. The molecule has 1 aliphatic rings. The molecule has 1 saturated heterocycles. The number of hydrogen-bond donors (Lipinski definition) is 1. The lowest BCUT2D eigenvalue weighted by Crippen LogP contribution is -2.41. The first-order chi connectivity index (χ1) is 14.8. The number of rotatable bonds is 7. The standard InChI is InChI=1S/C23H25N5O2.ClH/c29-22(25-11-12-27-13-15-30-16-14-27)9-8-20-18-28(21-6-2-1-3-7-21)26-23(20)19-5-4-10-24-17-19;/h1-10,17-18H,11-16H2,(H,25,29);1H. The minimum Gasteiger partial charge on any atom is -0.379 e. The highest BCUT2D eigenvalue weighted by molar-refractivity contribution is 5.92. The number of halogens is 1. The molecular formula is C23H26ClN5O2. The summed E-state index contributed by atoms with van der Waals surface area (Å²) in [5.74, 6) is -0.118. The monoisotopic (exact) mass is 439 g/mol. The van der Waals surface area contributed by atoms with Crippen molar-refractivity contribution in [1.82, 2.24) is 25.0 Å². The predicted molar refractivity (Wildman–Crippen MR) is 123 cm³/mol. The Kier molecular flexibility index (Phi) is 8.35. The number of carbonyl (C=O) groups is 1. The third-order valence-corrected chi connectivity index (χ3v) is 4.94. The molecule has 0 saturated carbocycles. The molecule has 0 aliphatic carbocycles. The Morgan fingerprint density at radius 1 is 1.13 bits per heavy atom. The molecule has 1 fully saturated rings. The summed E-state index contributed by atoms with van der Waals surface area (Å²) < 4.78 is 7.16. The number of hydrogen-bond acceptors (Lipinski definition) is 5. The van der Waals surface area contributed by atoms with Gasteiger partial charge in [0.15, 0.2) is 0 Å². The van der Waals surface area contributed by atoms with Crippen molar-refractivity contribution in [1.29, 1.82) is 0 Å². The van der Waals surface area contributed by atoms with Gasteiger partial charge in [0.2, 0.25) is 5.91 Å². The second kappa shape index (κ2) is 11.4. The molecule has 2 aromatic heterocycles. The van der Waals surface area contributed by atoms with Crippen molar-refractivity contribution in [2.45, 2.75) is 0 Å². The average Bonchev–Trinajstić information content (AvgIpc) is 3.24. The van der Waals surface area contributed by atoms with E-state index in [9.17, 15) is 4.79 Å². The van der Waals surface area contributed by atoms with E-state index in [1.165, 1.54) is 0 Å². The van der Waals surface area contributed by atoms with Crippen LogP contribution in [-0.4, -0.2) is 65.0 Å². The molecule has 0 atom stereocenters. The van der Waals surface area contributed by atoms with E-state index in [0.717, 1.165) is 55.4 Å². The van der Waals surface area contributed by atoms with Crippen LogP contribution in [0.15, 0.2) is 67.1 Å². The fourth-order valence-corrected chi connectivity index (χ4v) is 3.34. The third kappa shape index (κ3) is 6.24. The second-order valence-corrected chi connectivity index (χ2v) is 7.03. The molecule has 3 heterocycles. The highest BCUT2D eigenvalue weighted by Gasteiger charge is 2.12. The number of para-hydroxylation sites is 1. The van der Waals surface area contributed by atoms with E-state index < -0.39 is 0 Å². The summed E-state index contributed by atoms with van der Waals surface area (Å²) in [5, 5.41) is 7.68. The van der Waals surface area contributed by atoms with E-state index >= 15 is 0 Å². The molecule has 1 aromatic carbocycles. The molecule has 0 unspecified atom stereocenters. The van der Waals surface area contributed by atoms with E-state index in [2.05, 4.69) is 15.2 Å². The second-order valence-electron chi connectivity index (χ2n) is 7.03. The summed E-state index contributed by atoms with van der Waals surface area (Å²) in [4.78, 5) is 18.8. The Labute approximate surface area is 188 Å². The number of benzene rings is 1. The molecule has 162 valence electrons. The van der Waals surface area contributed by atoms with E-state index in [1.807, 2.05) is 53.3 Å². The zero-order chi connectivity index (χ0) is 20.6. The summed E-state index contributed by atoms with van der Waals surface area (Å²) in [6, 6.07) is 13.7. The van der Waals surface area contributed by atoms with Gasteiger partial charge in [-0.2, -0.15) is 5.10 Å². The number of ether oxygens (including phenoxy) is 1. The highest BCUT2D eigenvalue weighted by Crippen LogP contribution is 2.24. The summed E-state index contributed by atoms with van der Waals surface area (Å²) in [7, 11) is 0. The molecule has 31 heavy (non-hydrogen) atoms. The molecule has 4 rings (SSSR count). The normalized spacial score (nSPS) is 14.3. The topological polar surface area (TPSA) is 72.3 Å². The molecule has 3 aromatic rings. The number of nitrogens with zero attached hydrogens (tertiary/aromatic N) is 4. The molecule has 1 N–H and O–H groups in total. The van der Waals surface area contributed by atoms with Crippen molar-refractivity contribution >= 4 is 24.4 Å². The first kappa shape index (κ1) is 22.7. The number of amides is 1. The van der Waals surface area contributed by atoms with Gasteiger partial charge in [-0.1, -0.05) is 18.2 Å². The van der Waals surface area contributed by atoms with Gasteiger partial charge in [0.05, 0.1) is 18.9 Å². The van der Waals surface area contributed by atoms with Crippen LogP contribution in [0.4, 0.5) is 0 Å². The summed E-state index contributed by atoms with van der Waals surface area (Å²) in [6.07, 6.45) is 8.80. The van der Waals surface area contributed by atoms with Gasteiger partial charge in [-0.15, -0.1) is 12.4 Å². The smallest absolute Gasteiger partial charge is 0.244 e. The molecule has 0 radical (unpaired) electrons. The Bertz CT molecular complexity index is 986. The Balaban J connectivity index is 0.00000272. The van der Waals surface area contributed by atoms with Gasteiger partial charge < -0.3 is 10.1 Å². The maximum Gasteiger partial charge on any atom is 0.244 e. The third-order valence-electron chi connectivity index (χ3n) is 4.94. The van der Waals surface area contributed by atoms with Crippen molar-refractivity contribution in [3.8, 4) is 16.9 Å². The number of nitrogens with one attached hydrogen (secondary N) is 1. The van der Waals surface area contributed by atoms with Crippen LogP contribution in [0, 0.1) is 0 Å². The van der Waals surface area contributed by atoms with Crippen molar-refractivity contribution in [3.63, 3.8) is 0 Å². The van der Waals surface area contributed by atoms with Crippen LogP contribution in [0.5, 0.6) is 0 Å². The SMILES string of the molecule is Cl.O=C(C=Cc1cn(-c2ccccc2)nc1-c1cccnc1)NCCN1CCOCC1. The average molecular weight is 440 g/mol. The molecule has 8 heteroatoms. The lowest BCUT2D eigenvalue weighted by molar-refractivity contribution is -0.116. The van der Waals surface area contributed by atoms with Crippen LogP contribution in [0.2, 0.25) is 0 Å². The van der Waals surface area contributed by atoms with Crippen molar-refractivity contribution < 1.29 is 9.53 Å². The van der Waals surface area contributed by atoms with Crippen LogP contribution >= 0.6 is 12.4 Å². The first-order valence-corrected chi connectivity index (χ1v) is 10.1. The highest BCUT2D eigenvalue weighted by atomic mass is 35.5. The van der Waals surface area contributed by atoms with E-state index in [4.69, 9.17) is 9.84 Å². The van der Waals surface area contributed by atoms with E-state index in [-0.39, 0.29) is 18.3 Å². The van der Waals surface area contributed by atoms with Gasteiger partial charge in [0, 0.05) is 62.0 Å². The number of aromatic nitrogens is 3. The molecule has 0 spiro atoms. The summed E-state index contributed by atoms with van der Waals surface area (Å²) >= 11 is 0. The number of pyridine rings is 1. The van der Waals surface area contributed by atoms with Crippen molar-refractivity contribution in [2.75, 3.05) is 39.4 Å². The van der Waals surface area contributed by atoms with Crippen molar-refractivity contribution in [3.05, 3.63) is 72.7 Å². The van der Waals surface area contributed by atoms with Crippen LogP contribution in [0.3, 0.4) is 0 Å². The van der Waals surface area contributed by atoms with Crippen molar-refractivity contribution in [2.24, 2.45) is 0 Å². The molecule has 0 bridgehead atoms. The molecular weight excluding hydrogens is 414 g/mol. The Morgan fingerprint density at radius 3 is 2.68 bits per heavy atom. The largest absolute Gasteiger partial charge is 0.379 e. The van der Waals surface area contributed by atoms with Gasteiger partial charge >= 0.3 is 0 Å². The van der Waals surface area contributed by atoms with Gasteiger partial charge in [0.25, 0.3) is 0 Å².